The highest BCUT2D eigenvalue weighted by molar-refractivity contribution is 4.76. The molecule has 0 aromatic heterocycles. The van der Waals surface area contributed by atoms with Crippen LogP contribution < -0.4 is 0 Å². The van der Waals surface area contributed by atoms with Crippen LogP contribution >= 0.6 is 0 Å². The van der Waals surface area contributed by atoms with Crippen LogP contribution in [-0.2, 0) is 0 Å². The molecule has 0 spiro atoms. The zero-order valence-corrected chi connectivity index (χ0v) is 6.66. The van der Waals surface area contributed by atoms with Crippen LogP contribution in [0.1, 0.15) is 19.3 Å². The normalized spacial score (nSPS) is 25.3. The third kappa shape index (κ3) is 2.87. The summed E-state index contributed by atoms with van der Waals surface area (Å²) >= 11 is 0. The van der Waals surface area contributed by atoms with Crippen molar-refractivity contribution in [1.29, 1.82) is 5.26 Å². The molecule has 0 saturated carbocycles. The zero-order valence-electron chi connectivity index (χ0n) is 6.66. The van der Waals surface area contributed by atoms with Gasteiger partial charge in [-0.2, -0.15) is 5.26 Å². The number of aliphatic hydroxyl groups excluding tert-OH is 1. The van der Waals surface area contributed by atoms with Crippen LogP contribution in [0.2, 0.25) is 0 Å². The molecule has 3 nitrogen and oxygen atoms in total. The van der Waals surface area contributed by atoms with Gasteiger partial charge in [0.25, 0.3) is 0 Å². The Kier molecular flexibility index (Phi) is 3.34. The average Bonchev–Trinajstić information content (AvgIpc) is 2.37. The van der Waals surface area contributed by atoms with E-state index in [1.165, 1.54) is 0 Å². The Morgan fingerprint density at radius 3 is 3.00 bits per heavy atom. The van der Waals surface area contributed by atoms with E-state index >= 15 is 0 Å². The SMILES string of the molecule is N#CCCCN1CC[C@H](O)C1. The molecule has 1 aliphatic heterocycles. The minimum atomic E-state index is -0.128. The van der Waals surface area contributed by atoms with Crippen LogP contribution in [0.15, 0.2) is 0 Å². The molecule has 11 heavy (non-hydrogen) atoms. The zero-order chi connectivity index (χ0) is 8.10. The predicted octanol–water partition coefficient (Wildman–Crippen LogP) is 0.357. The lowest BCUT2D eigenvalue weighted by atomic mass is 10.3. The Labute approximate surface area is 67.2 Å². The lowest BCUT2D eigenvalue weighted by Crippen LogP contribution is -2.22. The first-order chi connectivity index (χ1) is 5.33. The lowest BCUT2D eigenvalue weighted by molar-refractivity contribution is 0.176. The Hall–Kier alpha value is -0.590. The van der Waals surface area contributed by atoms with E-state index in [4.69, 9.17) is 10.4 Å². The van der Waals surface area contributed by atoms with Crippen molar-refractivity contribution < 1.29 is 5.11 Å². The molecular formula is C8H14N2O. The third-order valence-electron chi connectivity index (χ3n) is 2.01. The predicted molar refractivity (Wildman–Crippen MR) is 41.9 cm³/mol. The van der Waals surface area contributed by atoms with Crippen LogP contribution in [0, 0.1) is 11.3 Å². The van der Waals surface area contributed by atoms with Gasteiger partial charge in [-0.05, 0) is 19.4 Å². The fraction of sp³-hybridized carbons (Fsp3) is 0.875. The van der Waals surface area contributed by atoms with E-state index in [9.17, 15) is 0 Å². The quantitative estimate of drug-likeness (QED) is 0.597. The van der Waals surface area contributed by atoms with E-state index in [0.29, 0.717) is 6.42 Å². The maximum atomic E-state index is 9.15. The summed E-state index contributed by atoms with van der Waals surface area (Å²) in [5.74, 6) is 0. The summed E-state index contributed by atoms with van der Waals surface area (Å²) in [7, 11) is 0. The number of nitriles is 1. The smallest absolute Gasteiger partial charge is 0.0679 e. The second kappa shape index (κ2) is 4.32. The van der Waals surface area contributed by atoms with Gasteiger partial charge in [-0.3, -0.25) is 0 Å². The first kappa shape index (κ1) is 8.51. The Morgan fingerprint density at radius 1 is 1.64 bits per heavy atom. The van der Waals surface area contributed by atoms with Crippen molar-refractivity contribution in [3.8, 4) is 6.07 Å². The van der Waals surface area contributed by atoms with Crippen LogP contribution in [0.4, 0.5) is 0 Å². The minimum absolute atomic E-state index is 0.128. The fourth-order valence-corrected chi connectivity index (χ4v) is 1.40. The summed E-state index contributed by atoms with van der Waals surface area (Å²) in [6.45, 7) is 2.75. The molecule has 0 aromatic carbocycles. The van der Waals surface area contributed by atoms with E-state index in [1.807, 2.05) is 0 Å². The molecule has 0 amide bonds. The molecule has 0 radical (unpaired) electrons. The second-order valence-electron chi connectivity index (χ2n) is 3.00. The molecule has 0 unspecified atom stereocenters. The summed E-state index contributed by atoms with van der Waals surface area (Å²) in [5.41, 5.74) is 0. The minimum Gasteiger partial charge on any atom is -0.392 e. The van der Waals surface area contributed by atoms with Gasteiger partial charge in [0.1, 0.15) is 0 Å². The van der Waals surface area contributed by atoms with Crippen molar-refractivity contribution in [3.05, 3.63) is 0 Å². The highest BCUT2D eigenvalue weighted by Gasteiger charge is 2.18. The third-order valence-corrected chi connectivity index (χ3v) is 2.01. The van der Waals surface area contributed by atoms with Crippen LogP contribution in [0.3, 0.4) is 0 Å². The summed E-state index contributed by atoms with van der Waals surface area (Å²) in [6, 6.07) is 2.11. The van der Waals surface area contributed by atoms with Crippen molar-refractivity contribution in [2.45, 2.75) is 25.4 Å². The molecule has 1 atom stereocenters. The van der Waals surface area contributed by atoms with Gasteiger partial charge in [0.05, 0.1) is 12.2 Å². The van der Waals surface area contributed by atoms with Gasteiger partial charge >= 0.3 is 0 Å². The first-order valence-electron chi connectivity index (χ1n) is 4.10. The van der Waals surface area contributed by atoms with E-state index in [-0.39, 0.29) is 6.10 Å². The van der Waals surface area contributed by atoms with Crippen molar-refractivity contribution in [3.63, 3.8) is 0 Å². The highest BCUT2D eigenvalue weighted by atomic mass is 16.3. The van der Waals surface area contributed by atoms with Crippen molar-refractivity contribution in [2.75, 3.05) is 19.6 Å². The number of hydrogen-bond donors (Lipinski definition) is 1. The summed E-state index contributed by atoms with van der Waals surface area (Å²) in [6.07, 6.45) is 2.33. The van der Waals surface area contributed by atoms with Gasteiger partial charge in [0.15, 0.2) is 0 Å². The fourth-order valence-electron chi connectivity index (χ4n) is 1.40. The maximum Gasteiger partial charge on any atom is 0.0679 e. The van der Waals surface area contributed by atoms with Crippen molar-refractivity contribution >= 4 is 0 Å². The molecular weight excluding hydrogens is 140 g/mol. The van der Waals surface area contributed by atoms with Crippen LogP contribution in [-0.4, -0.2) is 35.7 Å². The van der Waals surface area contributed by atoms with Gasteiger partial charge in [0.2, 0.25) is 0 Å². The number of β-amino-alcohol motifs (C(OH)–C–C–N with tert-alkyl or cyclic N) is 1. The molecule has 1 N–H and O–H groups in total. The number of hydrogen-bond acceptors (Lipinski definition) is 3. The molecule has 0 bridgehead atoms. The highest BCUT2D eigenvalue weighted by Crippen LogP contribution is 2.08. The molecule has 1 saturated heterocycles. The van der Waals surface area contributed by atoms with E-state index in [1.54, 1.807) is 0 Å². The van der Waals surface area contributed by atoms with Gasteiger partial charge < -0.3 is 10.0 Å². The van der Waals surface area contributed by atoms with Crippen LogP contribution in [0.5, 0.6) is 0 Å². The topological polar surface area (TPSA) is 47.3 Å². The molecule has 0 aromatic rings. The molecule has 1 aliphatic rings. The summed E-state index contributed by atoms with van der Waals surface area (Å²) < 4.78 is 0. The van der Waals surface area contributed by atoms with E-state index in [2.05, 4.69) is 11.0 Å². The summed E-state index contributed by atoms with van der Waals surface area (Å²) in [5, 5.41) is 17.4. The molecule has 0 aliphatic carbocycles. The van der Waals surface area contributed by atoms with Crippen molar-refractivity contribution in [2.24, 2.45) is 0 Å². The number of likely N-dealkylation sites (tertiary alicyclic amines) is 1. The van der Waals surface area contributed by atoms with E-state index in [0.717, 1.165) is 32.5 Å². The number of aliphatic hydroxyl groups is 1. The molecule has 1 rings (SSSR count). The summed E-state index contributed by atoms with van der Waals surface area (Å²) in [4.78, 5) is 2.21. The number of rotatable bonds is 3. The van der Waals surface area contributed by atoms with Gasteiger partial charge in [-0.15, -0.1) is 0 Å². The first-order valence-corrected chi connectivity index (χ1v) is 4.10. The second-order valence-corrected chi connectivity index (χ2v) is 3.00. The van der Waals surface area contributed by atoms with Crippen LogP contribution in [0.25, 0.3) is 0 Å². The monoisotopic (exact) mass is 154 g/mol. The van der Waals surface area contributed by atoms with Crippen molar-refractivity contribution in [1.82, 2.24) is 4.90 Å². The maximum absolute atomic E-state index is 9.15. The average molecular weight is 154 g/mol. The number of nitrogens with zero attached hydrogens (tertiary/aromatic N) is 2. The Balaban J connectivity index is 2.05. The standard InChI is InChI=1S/C8H14N2O/c9-4-1-2-5-10-6-3-8(11)7-10/h8,11H,1-3,5-7H2/t8-/m0/s1. The molecule has 1 heterocycles. The Morgan fingerprint density at radius 2 is 2.45 bits per heavy atom. The van der Waals surface area contributed by atoms with Gasteiger partial charge in [-0.1, -0.05) is 0 Å². The molecule has 1 fully saturated rings. The molecule has 62 valence electrons. The number of unbranched alkanes of at least 4 members (excludes halogenated alkanes) is 1. The Bertz CT molecular complexity index is 153. The van der Waals surface area contributed by atoms with Gasteiger partial charge in [-0.25, -0.2) is 0 Å². The molecule has 3 heteroatoms. The van der Waals surface area contributed by atoms with E-state index < -0.39 is 0 Å². The largest absolute Gasteiger partial charge is 0.392 e. The van der Waals surface area contributed by atoms with Gasteiger partial charge in [0, 0.05) is 19.5 Å². The lowest BCUT2D eigenvalue weighted by Gasteiger charge is -2.12.